The van der Waals surface area contributed by atoms with E-state index in [1.165, 1.54) is 32.2 Å². The van der Waals surface area contributed by atoms with E-state index in [0.29, 0.717) is 4.90 Å². The zero-order chi connectivity index (χ0) is 14.6. The summed E-state index contributed by atoms with van der Waals surface area (Å²) < 4.78 is 23.5. The van der Waals surface area contributed by atoms with Gasteiger partial charge in [-0.25, -0.2) is 8.42 Å². The second-order valence-electron chi connectivity index (χ2n) is 5.59. The lowest BCUT2D eigenvalue weighted by atomic mass is 9.99. The third-order valence-electron chi connectivity index (χ3n) is 3.79. The second-order valence-corrected chi connectivity index (χ2v) is 8.71. The first-order valence-corrected chi connectivity index (χ1v) is 9.99. The van der Waals surface area contributed by atoms with Gasteiger partial charge in [0.05, 0.1) is 4.90 Å². The predicted molar refractivity (Wildman–Crippen MR) is 85.1 cm³/mol. The molecule has 1 heterocycles. The fourth-order valence-corrected chi connectivity index (χ4v) is 4.79. The summed E-state index contributed by atoms with van der Waals surface area (Å²) in [5.74, 6) is 1.80. The van der Waals surface area contributed by atoms with Gasteiger partial charge in [-0.05, 0) is 44.0 Å². The molecule has 1 aromatic rings. The van der Waals surface area contributed by atoms with Crippen molar-refractivity contribution in [3.8, 4) is 0 Å². The average Bonchev–Trinajstić information content (AvgIpc) is 2.40. The van der Waals surface area contributed by atoms with E-state index in [-0.39, 0.29) is 0 Å². The van der Waals surface area contributed by atoms with Crippen LogP contribution in [-0.4, -0.2) is 45.0 Å². The van der Waals surface area contributed by atoms with Gasteiger partial charge < -0.3 is 4.90 Å². The van der Waals surface area contributed by atoms with Crippen molar-refractivity contribution in [2.45, 2.75) is 29.6 Å². The fraction of sp³-hybridized carbons (Fsp3) is 0.600. The Balaban J connectivity index is 1.89. The van der Waals surface area contributed by atoms with Gasteiger partial charge in [-0.15, -0.1) is 11.8 Å². The predicted octanol–water partition coefficient (Wildman–Crippen LogP) is 2.91. The standard InChI is InChI=1S/C15H23NO2S2/c1-13-7-9-16(10-8-13)11-12-19-14-5-3-4-6-15(14)20(2,17)18/h3-6,13H,7-12H2,1-2H3. The molecule has 1 aliphatic heterocycles. The van der Waals surface area contributed by atoms with Gasteiger partial charge in [0, 0.05) is 23.4 Å². The molecule has 1 saturated heterocycles. The molecule has 0 atom stereocenters. The molecule has 0 N–H and O–H groups in total. The van der Waals surface area contributed by atoms with E-state index in [4.69, 9.17) is 0 Å². The van der Waals surface area contributed by atoms with Crippen molar-refractivity contribution >= 4 is 21.6 Å². The lowest BCUT2D eigenvalue weighted by Gasteiger charge is -2.29. The van der Waals surface area contributed by atoms with Gasteiger partial charge in [-0.3, -0.25) is 0 Å². The summed E-state index contributed by atoms with van der Waals surface area (Å²) in [6.07, 6.45) is 3.84. The molecule has 112 valence electrons. The molecule has 0 amide bonds. The molecule has 0 radical (unpaired) electrons. The van der Waals surface area contributed by atoms with E-state index in [1.54, 1.807) is 23.9 Å². The Hall–Kier alpha value is -0.520. The zero-order valence-corrected chi connectivity index (χ0v) is 13.8. The monoisotopic (exact) mass is 313 g/mol. The molecule has 1 fully saturated rings. The Morgan fingerprint density at radius 3 is 2.55 bits per heavy atom. The van der Waals surface area contributed by atoms with Gasteiger partial charge in [0.1, 0.15) is 0 Å². The number of hydrogen-bond donors (Lipinski definition) is 0. The molecular formula is C15H23NO2S2. The Kier molecular flexibility index (Phi) is 5.52. The number of piperidine rings is 1. The normalized spacial score (nSPS) is 18.3. The highest BCUT2D eigenvalue weighted by atomic mass is 32.2. The summed E-state index contributed by atoms with van der Waals surface area (Å²) in [4.78, 5) is 3.81. The number of nitrogens with zero attached hydrogens (tertiary/aromatic N) is 1. The van der Waals surface area contributed by atoms with Crippen LogP contribution < -0.4 is 0 Å². The van der Waals surface area contributed by atoms with Crippen LogP contribution in [0.15, 0.2) is 34.1 Å². The number of benzene rings is 1. The molecule has 1 aromatic carbocycles. The molecule has 0 bridgehead atoms. The number of likely N-dealkylation sites (tertiary alicyclic amines) is 1. The van der Waals surface area contributed by atoms with Gasteiger partial charge in [0.2, 0.25) is 0 Å². The minimum absolute atomic E-state index is 0.456. The van der Waals surface area contributed by atoms with E-state index in [1.807, 2.05) is 12.1 Å². The molecule has 0 unspecified atom stereocenters. The minimum atomic E-state index is -3.13. The van der Waals surface area contributed by atoms with E-state index in [2.05, 4.69) is 11.8 Å². The maximum atomic E-state index is 11.7. The van der Waals surface area contributed by atoms with Gasteiger partial charge in [-0.2, -0.15) is 0 Å². The molecule has 20 heavy (non-hydrogen) atoms. The lowest BCUT2D eigenvalue weighted by Crippen LogP contribution is -2.34. The summed E-state index contributed by atoms with van der Waals surface area (Å²) in [7, 11) is -3.13. The zero-order valence-electron chi connectivity index (χ0n) is 12.2. The van der Waals surface area contributed by atoms with Crippen LogP contribution >= 0.6 is 11.8 Å². The highest BCUT2D eigenvalue weighted by Crippen LogP contribution is 2.26. The van der Waals surface area contributed by atoms with Crippen LogP contribution in [0.25, 0.3) is 0 Å². The topological polar surface area (TPSA) is 37.4 Å². The largest absolute Gasteiger partial charge is 0.302 e. The molecule has 2 rings (SSSR count). The van der Waals surface area contributed by atoms with Gasteiger partial charge in [-0.1, -0.05) is 19.1 Å². The highest BCUT2D eigenvalue weighted by molar-refractivity contribution is 8.00. The van der Waals surface area contributed by atoms with Crippen molar-refractivity contribution in [3.63, 3.8) is 0 Å². The van der Waals surface area contributed by atoms with Crippen LogP contribution in [-0.2, 0) is 9.84 Å². The van der Waals surface area contributed by atoms with Gasteiger partial charge >= 0.3 is 0 Å². The number of hydrogen-bond acceptors (Lipinski definition) is 4. The quantitative estimate of drug-likeness (QED) is 0.783. The summed E-state index contributed by atoms with van der Waals surface area (Å²) in [5.41, 5.74) is 0. The summed E-state index contributed by atoms with van der Waals surface area (Å²) >= 11 is 1.65. The Morgan fingerprint density at radius 1 is 1.25 bits per heavy atom. The molecule has 1 aliphatic rings. The van der Waals surface area contributed by atoms with Crippen LogP contribution in [0.1, 0.15) is 19.8 Å². The number of rotatable bonds is 5. The maximum absolute atomic E-state index is 11.7. The molecule has 0 aliphatic carbocycles. The van der Waals surface area contributed by atoms with Crippen LogP contribution in [0.3, 0.4) is 0 Å². The molecule has 0 spiro atoms. The molecule has 5 heteroatoms. The van der Waals surface area contributed by atoms with Crippen LogP contribution in [0.5, 0.6) is 0 Å². The summed E-state index contributed by atoms with van der Waals surface area (Å²) in [6.45, 7) is 5.70. The van der Waals surface area contributed by atoms with Crippen LogP contribution in [0.2, 0.25) is 0 Å². The highest BCUT2D eigenvalue weighted by Gasteiger charge is 2.16. The lowest BCUT2D eigenvalue weighted by molar-refractivity contribution is 0.203. The minimum Gasteiger partial charge on any atom is -0.302 e. The average molecular weight is 313 g/mol. The Bertz CT molecular complexity index is 535. The molecule has 0 saturated carbocycles. The van der Waals surface area contributed by atoms with E-state index in [0.717, 1.165) is 23.1 Å². The maximum Gasteiger partial charge on any atom is 0.176 e. The molecular weight excluding hydrogens is 290 g/mol. The number of thioether (sulfide) groups is 1. The van der Waals surface area contributed by atoms with E-state index < -0.39 is 9.84 Å². The third-order valence-corrected chi connectivity index (χ3v) is 6.13. The summed E-state index contributed by atoms with van der Waals surface area (Å²) in [5, 5.41) is 0. The van der Waals surface area contributed by atoms with Crippen LogP contribution in [0, 0.1) is 5.92 Å². The summed E-state index contributed by atoms with van der Waals surface area (Å²) in [6, 6.07) is 7.28. The molecule has 3 nitrogen and oxygen atoms in total. The van der Waals surface area contributed by atoms with Crippen molar-refractivity contribution in [1.29, 1.82) is 0 Å². The van der Waals surface area contributed by atoms with Crippen molar-refractivity contribution in [3.05, 3.63) is 24.3 Å². The first-order chi connectivity index (χ1) is 9.47. The van der Waals surface area contributed by atoms with E-state index >= 15 is 0 Å². The van der Waals surface area contributed by atoms with Gasteiger partial charge in [0.15, 0.2) is 9.84 Å². The Morgan fingerprint density at radius 2 is 1.90 bits per heavy atom. The second kappa shape index (κ2) is 6.96. The Labute approximate surface area is 126 Å². The van der Waals surface area contributed by atoms with Crippen molar-refractivity contribution in [1.82, 2.24) is 4.90 Å². The SMILES string of the molecule is CC1CCN(CCSc2ccccc2S(C)(=O)=O)CC1. The smallest absolute Gasteiger partial charge is 0.176 e. The van der Waals surface area contributed by atoms with Crippen molar-refractivity contribution < 1.29 is 8.42 Å². The van der Waals surface area contributed by atoms with Gasteiger partial charge in [0.25, 0.3) is 0 Å². The van der Waals surface area contributed by atoms with Crippen LogP contribution in [0.4, 0.5) is 0 Å². The van der Waals surface area contributed by atoms with Crippen molar-refractivity contribution in [2.24, 2.45) is 5.92 Å². The number of sulfone groups is 1. The third kappa shape index (κ3) is 4.50. The first kappa shape index (κ1) is 15.9. The van der Waals surface area contributed by atoms with Crippen molar-refractivity contribution in [2.75, 3.05) is 31.6 Å². The molecule has 0 aromatic heterocycles. The van der Waals surface area contributed by atoms with E-state index in [9.17, 15) is 8.42 Å². The fourth-order valence-electron chi connectivity index (χ4n) is 2.45. The first-order valence-electron chi connectivity index (χ1n) is 7.11.